The Morgan fingerprint density at radius 1 is 1.17 bits per heavy atom. The molecule has 0 atom stereocenters. The largest absolute Gasteiger partial charge is 0.489 e. The van der Waals surface area contributed by atoms with E-state index >= 15 is 0 Å². The number of methoxy groups -OCH3 is 1. The van der Waals surface area contributed by atoms with E-state index in [0.29, 0.717) is 30.8 Å². The van der Waals surface area contributed by atoms with Crippen LogP contribution in [0.4, 0.5) is 5.69 Å². The van der Waals surface area contributed by atoms with Crippen LogP contribution in [0.3, 0.4) is 0 Å². The molecule has 5 nitrogen and oxygen atoms in total. The van der Waals surface area contributed by atoms with Gasteiger partial charge in [-0.1, -0.05) is 24.3 Å². The summed E-state index contributed by atoms with van der Waals surface area (Å²) in [7, 11) is 1.34. The average Bonchev–Trinajstić information content (AvgIpc) is 2.59. The van der Waals surface area contributed by atoms with Crippen molar-refractivity contribution in [2.24, 2.45) is 0 Å². The number of hydrogen-bond donors (Lipinski definition) is 0. The first-order valence-electron chi connectivity index (χ1n) is 7.38. The second-order valence-corrected chi connectivity index (χ2v) is 5.23. The van der Waals surface area contributed by atoms with Crippen molar-refractivity contribution < 1.29 is 19.1 Å². The number of carbonyl (C=O) groups is 2. The fourth-order valence-electron chi connectivity index (χ4n) is 2.43. The van der Waals surface area contributed by atoms with E-state index in [4.69, 9.17) is 9.47 Å². The number of esters is 1. The van der Waals surface area contributed by atoms with E-state index < -0.39 is 5.97 Å². The second-order valence-electron chi connectivity index (χ2n) is 5.23. The monoisotopic (exact) mass is 311 g/mol. The molecule has 0 spiro atoms. The van der Waals surface area contributed by atoms with Gasteiger partial charge in [-0.2, -0.15) is 0 Å². The van der Waals surface area contributed by atoms with Crippen molar-refractivity contribution in [1.82, 2.24) is 0 Å². The SMILES string of the molecule is COC(=O)c1ccc(COc2ccccc2)c(N2CCC2=O)c1. The molecule has 5 heteroatoms. The van der Waals surface area contributed by atoms with Crippen LogP contribution in [0.25, 0.3) is 0 Å². The Bertz CT molecular complexity index is 727. The smallest absolute Gasteiger partial charge is 0.337 e. The highest BCUT2D eigenvalue weighted by Crippen LogP contribution is 2.29. The van der Waals surface area contributed by atoms with Crippen molar-refractivity contribution in [3.8, 4) is 5.75 Å². The molecule has 1 aliphatic heterocycles. The molecule has 0 unspecified atom stereocenters. The lowest BCUT2D eigenvalue weighted by Crippen LogP contribution is -2.44. The number of carbonyl (C=O) groups excluding carboxylic acids is 2. The summed E-state index contributed by atoms with van der Waals surface area (Å²) in [6.45, 7) is 0.979. The second kappa shape index (κ2) is 6.52. The maximum atomic E-state index is 11.8. The number of anilines is 1. The molecule has 23 heavy (non-hydrogen) atoms. The molecule has 1 aliphatic rings. The third-order valence-corrected chi connectivity index (χ3v) is 3.79. The van der Waals surface area contributed by atoms with Gasteiger partial charge in [0, 0.05) is 18.5 Å². The minimum Gasteiger partial charge on any atom is -0.489 e. The molecule has 0 aliphatic carbocycles. The number of rotatable bonds is 5. The highest BCUT2D eigenvalue weighted by molar-refractivity contribution is 6.01. The Morgan fingerprint density at radius 2 is 1.96 bits per heavy atom. The summed E-state index contributed by atoms with van der Waals surface area (Å²) >= 11 is 0. The van der Waals surface area contributed by atoms with Crippen molar-refractivity contribution in [2.45, 2.75) is 13.0 Å². The van der Waals surface area contributed by atoms with Gasteiger partial charge in [-0.25, -0.2) is 4.79 Å². The molecule has 1 amide bonds. The van der Waals surface area contributed by atoms with Crippen LogP contribution < -0.4 is 9.64 Å². The molecular weight excluding hydrogens is 294 g/mol. The van der Waals surface area contributed by atoms with Crippen LogP contribution in [-0.2, 0) is 16.1 Å². The third kappa shape index (κ3) is 3.18. The molecule has 3 rings (SSSR count). The van der Waals surface area contributed by atoms with E-state index in [2.05, 4.69) is 0 Å². The first-order chi connectivity index (χ1) is 11.2. The summed E-state index contributed by atoms with van der Waals surface area (Å²) < 4.78 is 10.5. The molecule has 1 saturated heterocycles. The standard InChI is InChI=1S/C18H17NO4/c1-22-18(21)13-7-8-14(12-23-15-5-3-2-4-6-15)16(11-13)19-10-9-17(19)20/h2-8,11H,9-10,12H2,1H3. The van der Waals surface area contributed by atoms with Crippen LogP contribution in [-0.4, -0.2) is 25.5 Å². The predicted molar refractivity (Wildman–Crippen MR) is 85.5 cm³/mol. The van der Waals surface area contributed by atoms with Gasteiger partial charge in [0.2, 0.25) is 5.91 Å². The Morgan fingerprint density at radius 3 is 2.57 bits per heavy atom. The van der Waals surface area contributed by atoms with E-state index in [-0.39, 0.29) is 5.91 Å². The Balaban J connectivity index is 1.86. The van der Waals surface area contributed by atoms with Gasteiger partial charge in [-0.15, -0.1) is 0 Å². The van der Waals surface area contributed by atoms with Crippen LogP contribution in [0, 0.1) is 0 Å². The van der Waals surface area contributed by atoms with E-state index in [1.54, 1.807) is 23.1 Å². The van der Waals surface area contributed by atoms with Crippen LogP contribution >= 0.6 is 0 Å². The van der Waals surface area contributed by atoms with Gasteiger partial charge in [0.25, 0.3) is 0 Å². The van der Waals surface area contributed by atoms with Crippen LogP contribution in [0.2, 0.25) is 0 Å². The zero-order valence-corrected chi connectivity index (χ0v) is 12.8. The topological polar surface area (TPSA) is 55.8 Å². The fraction of sp³-hybridized carbons (Fsp3) is 0.222. The van der Waals surface area contributed by atoms with Gasteiger partial charge in [0.1, 0.15) is 12.4 Å². The molecule has 118 valence electrons. The maximum Gasteiger partial charge on any atom is 0.337 e. The number of amides is 1. The van der Waals surface area contributed by atoms with Gasteiger partial charge in [-0.3, -0.25) is 4.79 Å². The number of nitrogens with zero attached hydrogens (tertiary/aromatic N) is 1. The van der Waals surface area contributed by atoms with Crippen LogP contribution in [0.1, 0.15) is 22.3 Å². The highest BCUT2D eigenvalue weighted by Gasteiger charge is 2.28. The Kier molecular flexibility index (Phi) is 4.28. The van der Waals surface area contributed by atoms with Gasteiger partial charge < -0.3 is 14.4 Å². The number of β-lactam (4-membered cyclic amide) rings is 1. The molecule has 0 radical (unpaired) electrons. The normalized spacial score (nSPS) is 13.4. The molecule has 0 aromatic heterocycles. The molecule has 2 aromatic carbocycles. The molecule has 2 aromatic rings. The first-order valence-corrected chi connectivity index (χ1v) is 7.38. The zero-order valence-electron chi connectivity index (χ0n) is 12.8. The average molecular weight is 311 g/mol. The van der Waals surface area contributed by atoms with Crippen molar-refractivity contribution in [3.05, 3.63) is 59.7 Å². The summed E-state index contributed by atoms with van der Waals surface area (Å²) in [5, 5.41) is 0. The van der Waals surface area contributed by atoms with Crippen molar-refractivity contribution in [2.75, 3.05) is 18.6 Å². The van der Waals surface area contributed by atoms with E-state index in [0.717, 1.165) is 11.3 Å². The summed E-state index contributed by atoms with van der Waals surface area (Å²) in [5.41, 5.74) is 1.99. The van der Waals surface area contributed by atoms with Crippen LogP contribution in [0.5, 0.6) is 5.75 Å². The van der Waals surface area contributed by atoms with E-state index in [1.165, 1.54) is 7.11 Å². The fourth-order valence-corrected chi connectivity index (χ4v) is 2.43. The van der Waals surface area contributed by atoms with Crippen molar-refractivity contribution in [1.29, 1.82) is 0 Å². The highest BCUT2D eigenvalue weighted by atomic mass is 16.5. The van der Waals surface area contributed by atoms with E-state index in [1.807, 2.05) is 30.3 Å². The Labute approximate surface area is 134 Å². The van der Waals surface area contributed by atoms with Gasteiger partial charge in [0.15, 0.2) is 0 Å². The van der Waals surface area contributed by atoms with E-state index in [9.17, 15) is 9.59 Å². The predicted octanol–water partition coefficient (Wildman–Crippen LogP) is 2.79. The van der Waals surface area contributed by atoms with Gasteiger partial charge >= 0.3 is 5.97 Å². The molecule has 0 saturated carbocycles. The first kappa shape index (κ1) is 15.1. The molecule has 0 bridgehead atoms. The molecule has 0 N–H and O–H groups in total. The zero-order chi connectivity index (χ0) is 16.2. The van der Waals surface area contributed by atoms with Crippen molar-refractivity contribution >= 4 is 17.6 Å². The van der Waals surface area contributed by atoms with Crippen LogP contribution in [0.15, 0.2) is 48.5 Å². The number of ether oxygens (including phenoxy) is 2. The van der Waals surface area contributed by atoms with Gasteiger partial charge in [-0.05, 0) is 24.3 Å². The maximum absolute atomic E-state index is 11.8. The summed E-state index contributed by atoms with van der Waals surface area (Å²) in [4.78, 5) is 25.1. The summed E-state index contributed by atoms with van der Waals surface area (Å²) in [6, 6.07) is 14.6. The Hall–Kier alpha value is -2.82. The minimum absolute atomic E-state index is 0.0491. The number of hydrogen-bond acceptors (Lipinski definition) is 4. The summed E-state index contributed by atoms with van der Waals surface area (Å²) in [5.74, 6) is 0.383. The lowest BCUT2D eigenvalue weighted by atomic mass is 10.0. The lowest BCUT2D eigenvalue weighted by molar-refractivity contribution is -0.122. The quantitative estimate of drug-likeness (QED) is 0.629. The molecule has 1 fully saturated rings. The molecule has 1 heterocycles. The van der Waals surface area contributed by atoms with Crippen molar-refractivity contribution in [3.63, 3.8) is 0 Å². The lowest BCUT2D eigenvalue weighted by Gasteiger charge is -2.32. The molecular formula is C18H17NO4. The van der Waals surface area contributed by atoms with Gasteiger partial charge in [0.05, 0.1) is 18.4 Å². The number of benzene rings is 2. The summed E-state index contributed by atoms with van der Waals surface area (Å²) in [6.07, 6.45) is 0.529. The minimum atomic E-state index is -0.422. The third-order valence-electron chi connectivity index (χ3n) is 3.79. The number of para-hydroxylation sites is 1.